The van der Waals surface area contributed by atoms with Gasteiger partial charge >= 0.3 is 0 Å². The summed E-state index contributed by atoms with van der Waals surface area (Å²) in [7, 11) is 0. The molecule has 1 amide bonds. The molecular formula is C25H43NO2. The van der Waals surface area contributed by atoms with Gasteiger partial charge in [0.2, 0.25) is 5.91 Å². The Morgan fingerprint density at radius 1 is 0.929 bits per heavy atom. The molecule has 4 aliphatic rings. The molecule has 0 heterocycles. The van der Waals surface area contributed by atoms with Crippen LogP contribution in [0.5, 0.6) is 0 Å². The zero-order chi connectivity index (χ0) is 20.1. The Kier molecular flexibility index (Phi) is 5.61. The van der Waals surface area contributed by atoms with Crippen LogP contribution in [0.2, 0.25) is 0 Å². The van der Waals surface area contributed by atoms with Gasteiger partial charge in [0.15, 0.2) is 0 Å². The number of nitrogens with zero attached hydrogens (tertiary/aromatic N) is 1. The Hall–Kier alpha value is -0.570. The summed E-state index contributed by atoms with van der Waals surface area (Å²) in [4.78, 5) is 15.5. The predicted octanol–water partition coefficient (Wildman–Crippen LogP) is 5.26. The summed E-state index contributed by atoms with van der Waals surface area (Å²) < 4.78 is 0. The Morgan fingerprint density at radius 2 is 1.64 bits per heavy atom. The van der Waals surface area contributed by atoms with Gasteiger partial charge in [-0.05, 0) is 114 Å². The van der Waals surface area contributed by atoms with Gasteiger partial charge in [-0.1, -0.05) is 13.3 Å². The molecule has 0 aromatic heterocycles. The Morgan fingerprint density at radius 3 is 2.36 bits per heavy atom. The molecule has 4 fully saturated rings. The van der Waals surface area contributed by atoms with Crippen molar-refractivity contribution in [2.45, 2.75) is 97.5 Å². The van der Waals surface area contributed by atoms with Crippen molar-refractivity contribution in [3.8, 4) is 0 Å². The van der Waals surface area contributed by atoms with Crippen molar-refractivity contribution in [2.24, 2.45) is 40.9 Å². The number of carbonyl (C=O) groups excluding carboxylic acids is 1. The summed E-state index contributed by atoms with van der Waals surface area (Å²) in [6.45, 7) is 10.5. The number of fused-ring (bicyclic) bond motifs is 5. The summed E-state index contributed by atoms with van der Waals surface area (Å²) in [6.07, 6.45) is 12.1. The maximum Gasteiger partial charge on any atom is 0.226 e. The third kappa shape index (κ3) is 3.34. The number of hydrogen-bond donors (Lipinski definition) is 1. The van der Waals surface area contributed by atoms with Gasteiger partial charge in [0.25, 0.3) is 0 Å². The third-order valence-corrected chi connectivity index (χ3v) is 9.85. The first-order valence-corrected chi connectivity index (χ1v) is 12.3. The van der Waals surface area contributed by atoms with E-state index in [1.807, 2.05) is 0 Å². The number of aliphatic hydroxyl groups is 1. The van der Waals surface area contributed by atoms with E-state index in [0.717, 1.165) is 61.9 Å². The lowest BCUT2D eigenvalue weighted by molar-refractivity contribution is -0.158. The predicted molar refractivity (Wildman–Crippen MR) is 114 cm³/mol. The average Bonchev–Trinajstić information content (AvgIpc) is 2.66. The van der Waals surface area contributed by atoms with Gasteiger partial charge < -0.3 is 10.0 Å². The highest BCUT2D eigenvalue weighted by atomic mass is 16.3. The normalized spacial score (nSPS) is 48.2. The lowest BCUT2D eigenvalue weighted by Gasteiger charge is -2.60. The molecule has 3 nitrogen and oxygen atoms in total. The topological polar surface area (TPSA) is 40.5 Å². The largest absolute Gasteiger partial charge is 0.390 e. The second kappa shape index (κ2) is 7.60. The lowest BCUT2D eigenvalue weighted by Crippen LogP contribution is -2.56. The lowest BCUT2D eigenvalue weighted by atomic mass is 9.45. The number of amides is 1. The van der Waals surface area contributed by atoms with Gasteiger partial charge in [-0.2, -0.15) is 0 Å². The Balaban J connectivity index is 1.54. The molecule has 0 saturated heterocycles. The van der Waals surface area contributed by atoms with Crippen LogP contribution in [-0.2, 0) is 4.79 Å². The molecule has 3 heteroatoms. The van der Waals surface area contributed by atoms with Crippen LogP contribution in [0.3, 0.4) is 0 Å². The maximum absolute atomic E-state index is 13.4. The smallest absolute Gasteiger partial charge is 0.226 e. The van der Waals surface area contributed by atoms with E-state index >= 15 is 0 Å². The minimum absolute atomic E-state index is 0.214. The molecular weight excluding hydrogens is 346 g/mol. The summed E-state index contributed by atoms with van der Waals surface area (Å²) in [5.41, 5.74) is -0.213. The van der Waals surface area contributed by atoms with E-state index in [2.05, 4.69) is 32.6 Å². The monoisotopic (exact) mass is 389 g/mol. The van der Waals surface area contributed by atoms with Crippen molar-refractivity contribution < 1.29 is 9.90 Å². The first-order chi connectivity index (χ1) is 13.3. The molecule has 0 radical (unpaired) electrons. The van der Waals surface area contributed by atoms with Crippen LogP contribution in [0.15, 0.2) is 0 Å². The summed E-state index contributed by atoms with van der Waals surface area (Å²) in [5.74, 6) is 4.70. The van der Waals surface area contributed by atoms with Gasteiger partial charge in [0.1, 0.15) is 0 Å². The van der Waals surface area contributed by atoms with Crippen molar-refractivity contribution in [3.63, 3.8) is 0 Å². The highest BCUT2D eigenvalue weighted by Crippen LogP contribution is 2.63. The molecule has 0 aliphatic heterocycles. The summed E-state index contributed by atoms with van der Waals surface area (Å²) in [5, 5.41) is 10.6. The third-order valence-electron chi connectivity index (χ3n) is 9.85. The Bertz CT molecular complexity index is 583. The van der Waals surface area contributed by atoms with Crippen LogP contribution in [-0.4, -0.2) is 34.6 Å². The van der Waals surface area contributed by atoms with E-state index in [9.17, 15) is 9.90 Å². The van der Waals surface area contributed by atoms with E-state index in [0.29, 0.717) is 5.91 Å². The number of carbonyl (C=O) groups is 1. The molecule has 8 atom stereocenters. The fourth-order valence-electron chi connectivity index (χ4n) is 8.44. The van der Waals surface area contributed by atoms with Crippen LogP contribution in [0.4, 0.5) is 0 Å². The number of rotatable bonds is 3. The van der Waals surface area contributed by atoms with Crippen LogP contribution >= 0.6 is 0 Å². The van der Waals surface area contributed by atoms with Crippen LogP contribution in [0.25, 0.3) is 0 Å². The van der Waals surface area contributed by atoms with E-state index in [-0.39, 0.29) is 11.3 Å². The van der Waals surface area contributed by atoms with Crippen molar-refractivity contribution >= 4 is 5.91 Å². The minimum atomic E-state index is -0.427. The summed E-state index contributed by atoms with van der Waals surface area (Å²) >= 11 is 0. The van der Waals surface area contributed by atoms with E-state index in [1.54, 1.807) is 0 Å². The molecule has 4 rings (SSSR count). The van der Waals surface area contributed by atoms with Gasteiger partial charge in [0, 0.05) is 19.0 Å². The second-order valence-electron chi connectivity index (χ2n) is 11.2. The van der Waals surface area contributed by atoms with Crippen molar-refractivity contribution in [1.29, 1.82) is 0 Å². The zero-order valence-electron chi connectivity index (χ0n) is 18.8. The second-order valence-corrected chi connectivity index (χ2v) is 11.2. The molecule has 160 valence electrons. The Labute approximate surface area is 172 Å². The fraction of sp³-hybridized carbons (Fsp3) is 0.960. The molecule has 0 aromatic rings. The number of hydrogen-bond acceptors (Lipinski definition) is 2. The van der Waals surface area contributed by atoms with E-state index < -0.39 is 5.60 Å². The highest BCUT2D eigenvalue weighted by Gasteiger charge is 2.57. The van der Waals surface area contributed by atoms with Crippen LogP contribution in [0.1, 0.15) is 91.9 Å². The van der Waals surface area contributed by atoms with Crippen molar-refractivity contribution in [1.82, 2.24) is 4.90 Å². The quantitative estimate of drug-likeness (QED) is 0.715. The van der Waals surface area contributed by atoms with Crippen molar-refractivity contribution in [2.75, 3.05) is 13.1 Å². The molecule has 0 spiro atoms. The first kappa shape index (κ1) is 20.7. The fourth-order valence-corrected chi connectivity index (χ4v) is 8.44. The van der Waals surface area contributed by atoms with Gasteiger partial charge in [-0.25, -0.2) is 0 Å². The van der Waals surface area contributed by atoms with Crippen LogP contribution < -0.4 is 0 Å². The van der Waals surface area contributed by atoms with E-state index in [1.165, 1.54) is 44.9 Å². The molecule has 4 saturated carbocycles. The van der Waals surface area contributed by atoms with E-state index in [4.69, 9.17) is 0 Å². The molecule has 4 aliphatic carbocycles. The first-order valence-electron chi connectivity index (χ1n) is 12.3. The molecule has 1 N–H and O–H groups in total. The maximum atomic E-state index is 13.4. The molecule has 0 unspecified atom stereocenters. The zero-order valence-corrected chi connectivity index (χ0v) is 18.8. The molecule has 28 heavy (non-hydrogen) atoms. The molecule has 0 aromatic carbocycles. The standard InChI is InChI=1S/C25H43NO2/c1-5-26(6-2)23(27)22-9-7-8-21-20-11-10-17-16-24(3,28)14-12-18(17)19(20)13-15-25(21,22)4/h17-22,28H,5-16H2,1-4H3/t17-,18+,19-,20-,21+,22-,24-,25+/m1/s1. The van der Waals surface area contributed by atoms with Crippen LogP contribution in [0, 0.1) is 40.9 Å². The minimum Gasteiger partial charge on any atom is -0.390 e. The van der Waals surface area contributed by atoms with Crippen molar-refractivity contribution in [3.05, 3.63) is 0 Å². The molecule has 0 bridgehead atoms. The van der Waals surface area contributed by atoms with Gasteiger partial charge in [-0.15, -0.1) is 0 Å². The SMILES string of the molecule is CCN(CC)C(=O)[C@H]1CCC[C@H]2[C@@H]3CC[C@@H]4C[C@](C)(O)CC[C@@H]4[C@H]3CC[C@]12C. The summed E-state index contributed by atoms with van der Waals surface area (Å²) in [6, 6.07) is 0. The average molecular weight is 390 g/mol. The highest BCUT2D eigenvalue weighted by molar-refractivity contribution is 5.79. The van der Waals surface area contributed by atoms with Gasteiger partial charge in [0.05, 0.1) is 5.60 Å². The van der Waals surface area contributed by atoms with Gasteiger partial charge in [-0.3, -0.25) is 4.79 Å².